The molecule has 1 atom stereocenters. The fourth-order valence-electron chi connectivity index (χ4n) is 0.940. The Morgan fingerprint density at radius 1 is 1.47 bits per heavy atom. The lowest BCUT2D eigenvalue weighted by atomic mass is 10.1. The summed E-state index contributed by atoms with van der Waals surface area (Å²) >= 11 is 0. The van der Waals surface area contributed by atoms with E-state index in [-0.39, 0.29) is 6.42 Å². The standard InChI is InChI=1S/C11H11NO3/c1-2-11(13)15-14-10(8-12)9-6-4-3-5-7-9/h3-7,10H,2H2,1H3. The first-order chi connectivity index (χ1) is 7.27. The minimum absolute atomic E-state index is 0.215. The summed E-state index contributed by atoms with van der Waals surface area (Å²) in [5, 5.41) is 8.80. The Balaban J connectivity index is 2.59. The van der Waals surface area contributed by atoms with Crippen molar-refractivity contribution in [3.05, 3.63) is 35.9 Å². The molecule has 0 amide bonds. The van der Waals surface area contributed by atoms with E-state index in [0.717, 1.165) is 0 Å². The van der Waals surface area contributed by atoms with Crippen LogP contribution in [0.4, 0.5) is 0 Å². The Morgan fingerprint density at radius 2 is 2.13 bits per heavy atom. The van der Waals surface area contributed by atoms with Gasteiger partial charge in [0.2, 0.25) is 6.10 Å². The number of hydrogen-bond acceptors (Lipinski definition) is 4. The number of rotatable bonds is 4. The number of benzene rings is 1. The molecule has 0 saturated heterocycles. The van der Waals surface area contributed by atoms with Crippen LogP contribution in [-0.2, 0) is 14.6 Å². The zero-order valence-electron chi connectivity index (χ0n) is 8.34. The van der Waals surface area contributed by atoms with Crippen LogP contribution in [0.1, 0.15) is 25.0 Å². The molecule has 4 heteroatoms. The third-order valence-electron chi connectivity index (χ3n) is 1.75. The molecule has 0 aliphatic rings. The molecule has 1 unspecified atom stereocenters. The molecule has 0 saturated carbocycles. The molecule has 1 aromatic rings. The first kappa shape index (κ1) is 11.2. The summed E-state index contributed by atoms with van der Waals surface area (Å²) in [6, 6.07) is 10.8. The van der Waals surface area contributed by atoms with Gasteiger partial charge in [-0.1, -0.05) is 37.3 Å². The van der Waals surface area contributed by atoms with E-state index in [4.69, 9.17) is 10.1 Å². The Morgan fingerprint density at radius 3 is 2.67 bits per heavy atom. The fourth-order valence-corrected chi connectivity index (χ4v) is 0.940. The number of carbonyl (C=O) groups excluding carboxylic acids is 1. The van der Waals surface area contributed by atoms with E-state index in [1.54, 1.807) is 31.2 Å². The van der Waals surface area contributed by atoms with Crippen molar-refractivity contribution in [1.29, 1.82) is 5.26 Å². The zero-order chi connectivity index (χ0) is 11.1. The van der Waals surface area contributed by atoms with Crippen LogP contribution < -0.4 is 0 Å². The lowest BCUT2D eigenvalue weighted by Crippen LogP contribution is -2.08. The maximum absolute atomic E-state index is 10.8. The minimum atomic E-state index is -0.873. The summed E-state index contributed by atoms with van der Waals surface area (Å²) in [6.45, 7) is 1.65. The molecule has 15 heavy (non-hydrogen) atoms. The van der Waals surface area contributed by atoms with E-state index in [1.165, 1.54) is 0 Å². The third kappa shape index (κ3) is 3.41. The second-order valence-electron chi connectivity index (χ2n) is 2.82. The number of carbonyl (C=O) groups is 1. The van der Waals surface area contributed by atoms with Crippen LogP contribution in [0.15, 0.2) is 30.3 Å². The Bertz CT molecular complexity index is 356. The van der Waals surface area contributed by atoms with Gasteiger partial charge in [0.15, 0.2) is 0 Å². The first-order valence-corrected chi connectivity index (χ1v) is 4.58. The van der Waals surface area contributed by atoms with Gasteiger partial charge in [-0.05, 0) is 5.56 Å². The highest BCUT2D eigenvalue weighted by Crippen LogP contribution is 2.16. The lowest BCUT2D eigenvalue weighted by Gasteiger charge is -2.08. The van der Waals surface area contributed by atoms with Crippen molar-refractivity contribution in [2.24, 2.45) is 0 Å². The molecule has 0 fully saturated rings. The Labute approximate surface area is 88.0 Å². The summed E-state index contributed by atoms with van der Waals surface area (Å²) in [7, 11) is 0. The van der Waals surface area contributed by atoms with Gasteiger partial charge in [-0.2, -0.15) is 10.1 Å². The molecule has 78 valence electrons. The average molecular weight is 205 g/mol. The van der Waals surface area contributed by atoms with Gasteiger partial charge in [-0.3, -0.25) is 4.89 Å². The van der Waals surface area contributed by atoms with Crippen molar-refractivity contribution in [3.63, 3.8) is 0 Å². The van der Waals surface area contributed by atoms with Crippen molar-refractivity contribution in [3.8, 4) is 6.07 Å². The molecule has 0 aliphatic heterocycles. The van der Waals surface area contributed by atoms with E-state index in [1.807, 2.05) is 12.1 Å². The average Bonchev–Trinajstić information content (AvgIpc) is 2.31. The Hall–Kier alpha value is -1.86. The molecular formula is C11H11NO3. The van der Waals surface area contributed by atoms with Crippen molar-refractivity contribution in [2.45, 2.75) is 19.4 Å². The van der Waals surface area contributed by atoms with Crippen molar-refractivity contribution in [2.75, 3.05) is 0 Å². The zero-order valence-corrected chi connectivity index (χ0v) is 8.34. The smallest absolute Gasteiger partial charge is 0.297 e. The first-order valence-electron chi connectivity index (χ1n) is 4.58. The summed E-state index contributed by atoms with van der Waals surface area (Å²) in [5.41, 5.74) is 0.656. The maximum atomic E-state index is 10.8. The molecule has 1 aromatic carbocycles. The topological polar surface area (TPSA) is 59.3 Å². The highest BCUT2D eigenvalue weighted by atomic mass is 17.2. The van der Waals surface area contributed by atoms with Gasteiger partial charge in [-0.15, -0.1) is 0 Å². The van der Waals surface area contributed by atoms with Gasteiger partial charge in [0.25, 0.3) is 0 Å². The highest BCUT2D eigenvalue weighted by molar-refractivity contribution is 5.68. The van der Waals surface area contributed by atoms with Crippen LogP contribution >= 0.6 is 0 Å². The summed E-state index contributed by atoms with van der Waals surface area (Å²) in [4.78, 5) is 20.0. The second kappa shape index (κ2) is 5.78. The Kier molecular flexibility index (Phi) is 4.32. The van der Waals surface area contributed by atoms with Crippen LogP contribution in [0.25, 0.3) is 0 Å². The summed E-state index contributed by atoms with van der Waals surface area (Å²) in [5.74, 6) is -0.494. The van der Waals surface area contributed by atoms with Crippen molar-refractivity contribution >= 4 is 5.97 Å². The molecule has 0 aromatic heterocycles. The van der Waals surface area contributed by atoms with Crippen LogP contribution in [0.3, 0.4) is 0 Å². The largest absolute Gasteiger partial charge is 0.342 e. The van der Waals surface area contributed by atoms with E-state index in [0.29, 0.717) is 5.56 Å². The fraction of sp³-hybridized carbons (Fsp3) is 0.273. The molecular weight excluding hydrogens is 194 g/mol. The molecule has 0 N–H and O–H groups in total. The van der Waals surface area contributed by atoms with E-state index >= 15 is 0 Å². The van der Waals surface area contributed by atoms with Gasteiger partial charge in [0.1, 0.15) is 6.07 Å². The van der Waals surface area contributed by atoms with E-state index in [2.05, 4.69) is 4.89 Å². The second-order valence-corrected chi connectivity index (χ2v) is 2.82. The van der Waals surface area contributed by atoms with Crippen LogP contribution in [-0.4, -0.2) is 5.97 Å². The molecule has 0 spiro atoms. The third-order valence-corrected chi connectivity index (χ3v) is 1.75. The molecule has 0 heterocycles. The molecule has 0 aliphatic carbocycles. The normalized spacial score (nSPS) is 11.5. The molecule has 1 rings (SSSR count). The highest BCUT2D eigenvalue weighted by Gasteiger charge is 2.13. The number of hydrogen-bond donors (Lipinski definition) is 0. The van der Waals surface area contributed by atoms with Crippen LogP contribution in [0.2, 0.25) is 0 Å². The predicted octanol–water partition coefficient (Wildman–Crippen LogP) is 2.14. The number of nitriles is 1. The predicted molar refractivity (Wildman–Crippen MR) is 52.3 cm³/mol. The SMILES string of the molecule is CCC(=O)OOC(C#N)c1ccccc1. The van der Waals surface area contributed by atoms with Gasteiger partial charge < -0.3 is 0 Å². The summed E-state index contributed by atoms with van der Waals surface area (Å²) in [6.07, 6.45) is -0.658. The molecule has 0 radical (unpaired) electrons. The van der Waals surface area contributed by atoms with Gasteiger partial charge in [-0.25, -0.2) is 4.79 Å². The van der Waals surface area contributed by atoms with Crippen LogP contribution in [0.5, 0.6) is 0 Å². The lowest BCUT2D eigenvalue weighted by molar-refractivity contribution is -0.289. The molecule has 0 bridgehead atoms. The van der Waals surface area contributed by atoms with Gasteiger partial charge in [0, 0.05) is 6.42 Å². The van der Waals surface area contributed by atoms with Gasteiger partial charge >= 0.3 is 5.97 Å². The maximum Gasteiger partial charge on any atom is 0.342 e. The van der Waals surface area contributed by atoms with Gasteiger partial charge in [0.05, 0.1) is 0 Å². The minimum Gasteiger partial charge on any atom is -0.297 e. The quantitative estimate of drug-likeness (QED) is 0.558. The monoisotopic (exact) mass is 205 g/mol. The van der Waals surface area contributed by atoms with E-state index in [9.17, 15) is 4.79 Å². The summed E-state index contributed by atoms with van der Waals surface area (Å²) < 4.78 is 0. The van der Waals surface area contributed by atoms with Crippen molar-refractivity contribution in [1.82, 2.24) is 0 Å². The van der Waals surface area contributed by atoms with Crippen LogP contribution in [0, 0.1) is 11.3 Å². The van der Waals surface area contributed by atoms with Crippen molar-refractivity contribution < 1.29 is 14.6 Å². The van der Waals surface area contributed by atoms with E-state index < -0.39 is 12.1 Å². The molecule has 4 nitrogen and oxygen atoms in total. The number of nitrogens with zero attached hydrogens (tertiary/aromatic N) is 1.